The Morgan fingerprint density at radius 1 is 1.25 bits per heavy atom. The Bertz CT molecular complexity index is 299. The Hall–Kier alpha value is -0.570. The molecule has 2 atom stereocenters. The van der Waals surface area contributed by atoms with E-state index < -0.39 is 0 Å². The van der Waals surface area contributed by atoms with Crippen LogP contribution in [0.2, 0.25) is 5.02 Å². The van der Waals surface area contributed by atoms with E-state index in [9.17, 15) is 0 Å². The number of methoxy groups -OCH3 is 1. The van der Waals surface area contributed by atoms with E-state index in [1.165, 1.54) is 5.56 Å². The smallest absolute Gasteiger partial charge is 0.0543 e. The second-order valence-corrected chi connectivity index (χ2v) is 4.45. The number of halogens is 1. The van der Waals surface area contributed by atoms with Gasteiger partial charge < -0.3 is 10.1 Å². The van der Waals surface area contributed by atoms with Crippen LogP contribution in [0.4, 0.5) is 0 Å². The summed E-state index contributed by atoms with van der Waals surface area (Å²) >= 11 is 5.87. The predicted octanol–water partition coefficient (Wildman–Crippen LogP) is 3.42. The van der Waals surface area contributed by atoms with E-state index in [4.69, 9.17) is 16.3 Å². The van der Waals surface area contributed by atoms with Gasteiger partial charge in [-0.3, -0.25) is 0 Å². The Morgan fingerprint density at radius 2 is 1.88 bits per heavy atom. The van der Waals surface area contributed by atoms with Crippen molar-refractivity contribution in [3.05, 3.63) is 34.9 Å². The maximum absolute atomic E-state index is 5.87. The lowest BCUT2D eigenvalue weighted by molar-refractivity contribution is 0.106. The van der Waals surface area contributed by atoms with Crippen molar-refractivity contribution in [1.82, 2.24) is 5.32 Å². The number of ether oxygens (including phenoxy) is 1. The topological polar surface area (TPSA) is 21.3 Å². The highest BCUT2D eigenvalue weighted by Crippen LogP contribution is 2.21. The van der Waals surface area contributed by atoms with Crippen molar-refractivity contribution in [2.45, 2.75) is 31.9 Å². The van der Waals surface area contributed by atoms with Gasteiger partial charge in [0.2, 0.25) is 0 Å². The molecule has 0 aliphatic rings. The number of rotatable bonds is 6. The normalized spacial score (nSPS) is 14.8. The highest BCUT2D eigenvalue weighted by molar-refractivity contribution is 6.30. The summed E-state index contributed by atoms with van der Waals surface area (Å²) in [6.45, 7) is 2.09. The van der Waals surface area contributed by atoms with Gasteiger partial charge in [0, 0.05) is 18.2 Å². The van der Waals surface area contributed by atoms with E-state index >= 15 is 0 Å². The maximum Gasteiger partial charge on any atom is 0.0543 e. The molecule has 0 amide bonds. The van der Waals surface area contributed by atoms with Crippen molar-refractivity contribution in [3.8, 4) is 0 Å². The molecule has 2 unspecified atom stereocenters. The van der Waals surface area contributed by atoms with Crippen molar-refractivity contribution < 1.29 is 4.74 Å². The third-order valence-corrected chi connectivity index (χ3v) is 3.14. The molecule has 3 heteroatoms. The lowest BCUT2D eigenvalue weighted by Crippen LogP contribution is -2.18. The monoisotopic (exact) mass is 241 g/mol. The van der Waals surface area contributed by atoms with Crippen molar-refractivity contribution in [2.24, 2.45) is 0 Å². The SMILES string of the molecule is CNC(CCC(C)OC)c1ccc(Cl)cc1. The van der Waals surface area contributed by atoms with Crippen LogP contribution in [0.15, 0.2) is 24.3 Å². The Kier molecular flexibility index (Phi) is 5.81. The Morgan fingerprint density at radius 3 is 2.38 bits per heavy atom. The standard InChI is InChI=1S/C13H20ClNO/c1-10(16-3)4-9-13(15-2)11-5-7-12(14)8-6-11/h5-8,10,13,15H,4,9H2,1-3H3. The lowest BCUT2D eigenvalue weighted by Gasteiger charge is -2.18. The summed E-state index contributed by atoms with van der Waals surface area (Å²) in [5.74, 6) is 0. The molecule has 0 radical (unpaired) electrons. The van der Waals surface area contributed by atoms with Gasteiger partial charge in [0.1, 0.15) is 0 Å². The molecule has 0 aliphatic heterocycles. The van der Waals surface area contributed by atoms with E-state index in [2.05, 4.69) is 24.4 Å². The van der Waals surface area contributed by atoms with Crippen LogP contribution in [0, 0.1) is 0 Å². The highest BCUT2D eigenvalue weighted by Gasteiger charge is 2.10. The summed E-state index contributed by atoms with van der Waals surface area (Å²) in [5.41, 5.74) is 1.27. The average Bonchev–Trinajstić information content (AvgIpc) is 2.31. The molecule has 0 saturated carbocycles. The lowest BCUT2D eigenvalue weighted by atomic mass is 10.0. The van der Waals surface area contributed by atoms with Crippen molar-refractivity contribution >= 4 is 11.6 Å². The van der Waals surface area contributed by atoms with Gasteiger partial charge in [0.05, 0.1) is 6.10 Å². The van der Waals surface area contributed by atoms with Crippen molar-refractivity contribution in [3.63, 3.8) is 0 Å². The number of benzene rings is 1. The van der Waals surface area contributed by atoms with Crippen LogP contribution < -0.4 is 5.32 Å². The van der Waals surface area contributed by atoms with Gasteiger partial charge in [0.15, 0.2) is 0 Å². The van der Waals surface area contributed by atoms with Crippen LogP contribution in [0.3, 0.4) is 0 Å². The molecule has 16 heavy (non-hydrogen) atoms. The molecule has 1 aromatic carbocycles. The molecular weight excluding hydrogens is 222 g/mol. The van der Waals surface area contributed by atoms with Crippen LogP contribution in [-0.2, 0) is 4.74 Å². The first kappa shape index (κ1) is 13.5. The van der Waals surface area contributed by atoms with Crippen LogP contribution >= 0.6 is 11.6 Å². The quantitative estimate of drug-likeness (QED) is 0.824. The van der Waals surface area contributed by atoms with Gasteiger partial charge in [-0.05, 0) is 44.5 Å². The second kappa shape index (κ2) is 6.89. The second-order valence-electron chi connectivity index (χ2n) is 4.02. The molecular formula is C13H20ClNO. The molecule has 0 fully saturated rings. The zero-order valence-corrected chi connectivity index (χ0v) is 10.9. The number of hydrogen-bond acceptors (Lipinski definition) is 2. The van der Waals surface area contributed by atoms with E-state index in [1.807, 2.05) is 19.2 Å². The van der Waals surface area contributed by atoms with Crippen LogP contribution in [0.5, 0.6) is 0 Å². The first-order chi connectivity index (χ1) is 7.67. The van der Waals surface area contributed by atoms with Crippen molar-refractivity contribution in [1.29, 1.82) is 0 Å². The van der Waals surface area contributed by atoms with Gasteiger partial charge in [-0.2, -0.15) is 0 Å². The summed E-state index contributed by atoms with van der Waals surface area (Å²) in [5, 5.41) is 4.10. The molecule has 0 spiro atoms. The molecule has 0 heterocycles. The van der Waals surface area contributed by atoms with E-state index in [0.717, 1.165) is 17.9 Å². The third kappa shape index (κ3) is 4.12. The summed E-state index contributed by atoms with van der Waals surface area (Å²) in [6.07, 6.45) is 2.42. The minimum atomic E-state index is 0.308. The Labute approximate surface area is 103 Å². The van der Waals surface area contributed by atoms with E-state index in [1.54, 1.807) is 7.11 Å². The fourth-order valence-electron chi connectivity index (χ4n) is 1.69. The first-order valence-electron chi connectivity index (χ1n) is 5.63. The molecule has 0 saturated heterocycles. The van der Waals surface area contributed by atoms with Gasteiger partial charge in [0.25, 0.3) is 0 Å². The average molecular weight is 242 g/mol. The Balaban J connectivity index is 2.57. The predicted molar refractivity (Wildman–Crippen MR) is 69.0 cm³/mol. The number of hydrogen-bond donors (Lipinski definition) is 1. The first-order valence-corrected chi connectivity index (χ1v) is 6.00. The zero-order chi connectivity index (χ0) is 12.0. The largest absolute Gasteiger partial charge is 0.382 e. The van der Waals surface area contributed by atoms with E-state index in [0.29, 0.717) is 12.1 Å². The molecule has 0 aromatic heterocycles. The highest BCUT2D eigenvalue weighted by atomic mass is 35.5. The summed E-state index contributed by atoms with van der Waals surface area (Å²) in [6, 6.07) is 8.37. The molecule has 1 aromatic rings. The molecule has 2 nitrogen and oxygen atoms in total. The molecule has 1 N–H and O–H groups in total. The van der Waals surface area contributed by atoms with Crippen LogP contribution in [-0.4, -0.2) is 20.3 Å². The minimum absolute atomic E-state index is 0.308. The molecule has 1 rings (SSSR count). The summed E-state index contributed by atoms with van der Waals surface area (Å²) < 4.78 is 5.25. The van der Waals surface area contributed by atoms with Gasteiger partial charge >= 0.3 is 0 Å². The third-order valence-electron chi connectivity index (χ3n) is 2.89. The summed E-state index contributed by atoms with van der Waals surface area (Å²) in [7, 11) is 3.73. The molecule has 0 aliphatic carbocycles. The van der Waals surface area contributed by atoms with Gasteiger partial charge in [-0.1, -0.05) is 23.7 Å². The molecule has 90 valence electrons. The summed E-state index contributed by atoms with van der Waals surface area (Å²) in [4.78, 5) is 0. The zero-order valence-electron chi connectivity index (χ0n) is 10.2. The molecule has 0 bridgehead atoms. The minimum Gasteiger partial charge on any atom is -0.382 e. The number of nitrogens with one attached hydrogen (secondary N) is 1. The van der Waals surface area contributed by atoms with E-state index in [-0.39, 0.29) is 0 Å². The van der Waals surface area contributed by atoms with Crippen LogP contribution in [0.25, 0.3) is 0 Å². The van der Waals surface area contributed by atoms with Crippen molar-refractivity contribution in [2.75, 3.05) is 14.2 Å². The maximum atomic E-state index is 5.87. The van der Waals surface area contributed by atoms with Gasteiger partial charge in [-0.15, -0.1) is 0 Å². The van der Waals surface area contributed by atoms with Gasteiger partial charge in [-0.25, -0.2) is 0 Å². The van der Waals surface area contributed by atoms with Crippen LogP contribution in [0.1, 0.15) is 31.4 Å². The fraction of sp³-hybridized carbons (Fsp3) is 0.538. The fourth-order valence-corrected chi connectivity index (χ4v) is 1.82.